The minimum atomic E-state index is -0.445. The molecule has 0 atom stereocenters. The van der Waals surface area contributed by atoms with Gasteiger partial charge in [-0.25, -0.2) is 0 Å². The van der Waals surface area contributed by atoms with Gasteiger partial charge in [-0.15, -0.1) is 0 Å². The number of nitro benzene ring substituents is 1. The molecule has 0 N–H and O–H groups in total. The topological polar surface area (TPSA) is 60.2 Å². The quantitative estimate of drug-likeness (QED) is 0.595. The Morgan fingerprint density at radius 1 is 1.29 bits per heavy atom. The monoisotopic (exact) mass is 235 g/mol. The molecule has 4 heteroatoms. The zero-order valence-electron chi connectivity index (χ0n) is 10.4. The van der Waals surface area contributed by atoms with E-state index in [-0.39, 0.29) is 23.3 Å². The molecule has 1 aromatic rings. The summed E-state index contributed by atoms with van der Waals surface area (Å²) in [5, 5.41) is 10.8. The molecule has 0 fully saturated rings. The fourth-order valence-electron chi connectivity index (χ4n) is 1.70. The lowest BCUT2D eigenvalue weighted by Crippen LogP contribution is -2.15. The first kappa shape index (κ1) is 13.4. The largest absolute Gasteiger partial charge is 0.299 e. The fourth-order valence-corrected chi connectivity index (χ4v) is 1.70. The number of benzene rings is 1. The Morgan fingerprint density at radius 3 is 2.41 bits per heavy atom. The summed E-state index contributed by atoms with van der Waals surface area (Å²) in [5.74, 6) is 0.0341. The Balaban J connectivity index is 2.82. The van der Waals surface area contributed by atoms with Crippen molar-refractivity contribution in [3.05, 3.63) is 39.9 Å². The highest BCUT2D eigenvalue weighted by atomic mass is 16.6. The van der Waals surface area contributed by atoms with Crippen LogP contribution in [-0.4, -0.2) is 10.7 Å². The summed E-state index contributed by atoms with van der Waals surface area (Å²) >= 11 is 0. The van der Waals surface area contributed by atoms with Crippen molar-refractivity contribution < 1.29 is 9.72 Å². The number of para-hydroxylation sites is 1. The molecule has 1 rings (SSSR count). The Bertz CT molecular complexity index is 433. The van der Waals surface area contributed by atoms with Crippen LogP contribution in [0.15, 0.2) is 24.3 Å². The number of rotatable bonds is 4. The zero-order chi connectivity index (χ0) is 13.1. The summed E-state index contributed by atoms with van der Waals surface area (Å²) in [6, 6.07) is 6.39. The molecule has 0 saturated carbocycles. The lowest BCUT2D eigenvalue weighted by molar-refractivity contribution is -0.385. The molecule has 0 aliphatic heterocycles. The molecule has 0 spiro atoms. The van der Waals surface area contributed by atoms with Gasteiger partial charge in [0.1, 0.15) is 5.78 Å². The molecule has 4 nitrogen and oxygen atoms in total. The first-order valence-corrected chi connectivity index (χ1v) is 5.53. The van der Waals surface area contributed by atoms with Gasteiger partial charge in [-0.05, 0) is 5.41 Å². The number of nitro groups is 1. The average Bonchev–Trinajstić information content (AvgIpc) is 2.14. The molecule has 1 aromatic carbocycles. The number of hydrogen-bond donors (Lipinski definition) is 0. The molecular weight excluding hydrogens is 218 g/mol. The maximum atomic E-state index is 11.8. The molecular formula is C13H17NO3. The lowest BCUT2D eigenvalue weighted by Gasteiger charge is -2.16. The number of ketones is 1. The van der Waals surface area contributed by atoms with Crippen LogP contribution in [0.2, 0.25) is 0 Å². The third kappa shape index (κ3) is 4.34. The predicted octanol–water partition coefficient (Wildman–Crippen LogP) is 3.14. The van der Waals surface area contributed by atoms with E-state index in [4.69, 9.17) is 0 Å². The second-order valence-electron chi connectivity index (χ2n) is 5.34. The van der Waals surface area contributed by atoms with Crippen LogP contribution >= 0.6 is 0 Å². The maximum absolute atomic E-state index is 11.8. The number of hydrogen-bond acceptors (Lipinski definition) is 3. The van der Waals surface area contributed by atoms with Crippen LogP contribution in [0.4, 0.5) is 5.69 Å². The zero-order valence-corrected chi connectivity index (χ0v) is 10.4. The highest BCUT2D eigenvalue weighted by Crippen LogP contribution is 2.23. The highest BCUT2D eigenvalue weighted by molar-refractivity contribution is 5.82. The van der Waals surface area contributed by atoms with Gasteiger partial charge in [-0.2, -0.15) is 0 Å². The van der Waals surface area contributed by atoms with Gasteiger partial charge in [0, 0.05) is 24.5 Å². The van der Waals surface area contributed by atoms with E-state index in [1.54, 1.807) is 18.2 Å². The predicted molar refractivity (Wildman–Crippen MR) is 65.9 cm³/mol. The normalized spacial score (nSPS) is 11.2. The Hall–Kier alpha value is -1.71. The van der Waals surface area contributed by atoms with Crippen molar-refractivity contribution in [3.8, 4) is 0 Å². The molecule has 0 amide bonds. The van der Waals surface area contributed by atoms with Crippen molar-refractivity contribution in [2.24, 2.45) is 5.41 Å². The molecule has 0 heterocycles. The van der Waals surface area contributed by atoms with Crippen LogP contribution in [-0.2, 0) is 11.2 Å². The number of nitrogens with zero attached hydrogens (tertiary/aromatic N) is 1. The van der Waals surface area contributed by atoms with Crippen LogP contribution in [0.1, 0.15) is 32.8 Å². The summed E-state index contributed by atoms with van der Waals surface area (Å²) < 4.78 is 0. The fraction of sp³-hybridized carbons (Fsp3) is 0.462. The van der Waals surface area contributed by atoms with Gasteiger partial charge >= 0.3 is 0 Å². The summed E-state index contributed by atoms with van der Waals surface area (Å²) in [4.78, 5) is 22.1. The molecule has 0 saturated heterocycles. The summed E-state index contributed by atoms with van der Waals surface area (Å²) in [5.41, 5.74) is 0.433. The van der Waals surface area contributed by atoms with Crippen molar-refractivity contribution in [3.63, 3.8) is 0 Å². The van der Waals surface area contributed by atoms with Gasteiger partial charge < -0.3 is 0 Å². The summed E-state index contributed by atoms with van der Waals surface area (Å²) in [7, 11) is 0. The highest BCUT2D eigenvalue weighted by Gasteiger charge is 2.19. The smallest absolute Gasteiger partial charge is 0.273 e. The van der Waals surface area contributed by atoms with E-state index in [0.29, 0.717) is 12.0 Å². The van der Waals surface area contributed by atoms with Crippen molar-refractivity contribution in [2.75, 3.05) is 0 Å². The van der Waals surface area contributed by atoms with Crippen molar-refractivity contribution >= 4 is 11.5 Å². The molecule has 0 aromatic heterocycles. The molecule has 92 valence electrons. The SMILES string of the molecule is CC(C)(C)CC(=O)Cc1ccccc1[N+](=O)[O-]. The number of Topliss-reactive ketones (excluding diaryl/α,β-unsaturated/α-hetero) is 1. The summed E-state index contributed by atoms with van der Waals surface area (Å²) in [6.45, 7) is 5.93. The second-order valence-corrected chi connectivity index (χ2v) is 5.34. The lowest BCUT2D eigenvalue weighted by atomic mass is 9.88. The summed E-state index contributed by atoms with van der Waals surface area (Å²) in [6.07, 6.45) is 0.563. The van der Waals surface area contributed by atoms with E-state index in [0.717, 1.165) is 0 Å². The first-order valence-electron chi connectivity index (χ1n) is 5.53. The van der Waals surface area contributed by atoms with Gasteiger partial charge in [-0.1, -0.05) is 39.0 Å². The molecule has 0 aliphatic rings. The van der Waals surface area contributed by atoms with Gasteiger partial charge in [0.2, 0.25) is 0 Å². The third-order valence-corrected chi connectivity index (χ3v) is 2.30. The van der Waals surface area contributed by atoms with Crippen LogP contribution in [0.5, 0.6) is 0 Å². The Kier molecular flexibility index (Phi) is 3.99. The van der Waals surface area contributed by atoms with Crippen molar-refractivity contribution in [1.29, 1.82) is 0 Å². The average molecular weight is 235 g/mol. The Morgan fingerprint density at radius 2 is 1.88 bits per heavy atom. The number of carbonyl (C=O) groups is 1. The van der Waals surface area contributed by atoms with E-state index >= 15 is 0 Å². The van der Waals surface area contributed by atoms with Crippen molar-refractivity contribution in [2.45, 2.75) is 33.6 Å². The third-order valence-electron chi connectivity index (χ3n) is 2.30. The van der Waals surface area contributed by atoms with E-state index < -0.39 is 4.92 Å². The molecule has 0 aliphatic carbocycles. The molecule has 17 heavy (non-hydrogen) atoms. The minimum Gasteiger partial charge on any atom is -0.299 e. The van der Waals surface area contributed by atoms with Crippen LogP contribution in [0.3, 0.4) is 0 Å². The van der Waals surface area contributed by atoms with Crippen LogP contribution in [0.25, 0.3) is 0 Å². The first-order chi connectivity index (χ1) is 7.79. The molecule has 0 bridgehead atoms. The van der Waals surface area contributed by atoms with Crippen LogP contribution < -0.4 is 0 Å². The van der Waals surface area contributed by atoms with Gasteiger partial charge in [0.25, 0.3) is 5.69 Å². The van der Waals surface area contributed by atoms with E-state index in [2.05, 4.69) is 0 Å². The van der Waals surface area contributed by atoms with E-state index in [1.165, 1.54) is 6.07 Å². The molecule has 0 radical (unpaired) electrons. The van der Waals surface area contributed by atoms with Crippen LogP contribution in [0, 0.1) is 15.5 Å². The van der Waals surface area contributed by atoms with Gasteiger partial charge in [-0.3, -0.25) is 14.9 Å². The van der Waals surface area contributed by atoms with E-state index in [1.807, 2.05) is 20.8 Å². The van der Waals surface area contributed by atoms with Crippen molar-refractivity contribution in [1.82, 2.24) is 0 Å². The minimum absolute atomic E-state index is 0.0229. The Labute approximate surface area is 101 Å². The van der Waals surface area contributed by atoms with Gasteiger partial charge in [0.05, 0.1) is 4.92 Å². The van der Waals surface area contributed by atoms with Gasteiger partial charge in [0.15, 0.2) is 0 Å². The standard InChI is InChI=1S/C13H17NO3/c1-13(2,3)9-11(15)8-10-6-4-5-7-12(10)14(16)17/h4-7H,8-9H2,1-3H3. The maximum Gasteiger partial charge on any atom is 0.273 e. The van der Waals surface area contributed by atoms with E-state index in [9.17, 15) is 14.9 Å². The second kappa shape index (κ2) is 5.08. The number of carbonyl (C=O) groups excluding carboxylic acids is 1. The molecule has 0 unspecified atom stereocenters.